The number of rotatable bonds is 8. The molecule has 194 valence electrons. The molecule has 0 saturated carbocycles. The van der Waals surface area contributed by atoms with E-state index in [2.05, 4.69) is 168 Å². The predicted molar refractivity (Wildman–Crippen MR) is 169 cm³/mol. The fraction of sp³-hybridized carbons (Fsp3) is 0.0270. The molecule has 0 spiro atoms. The van der Waals surface area contributed by atoms with Gasteiger partial charge in [0.05, 0.1) is 5.69 Å². The molecule has 0 aliphatic rings. The Morgan fingerprint density at radius 1 is 0.400 bits per heavy atom. The Hall–Kier alpha value is -5.12. The van der Waals surface area contributed by atoms with Gasteiger partial charge in [0.1, 0.15) is 0 Å². The first-order valence-electron chi connectivity index (χ1n) is 13.6. The SMILES string of the molecule is NCc1cccc(N(c2ccccc2)c2ccc(N(c3ccccc3)c3ccccc3-c3ccccc3)cc2)c1. The molecule has 0 heterocycles. The van der Waals surface area contributed by atoms with E-state index < -0.39 is 0 Å². The summed E-state index contributed by atoms with van der Waals surface area (Å²) >= 11 is 0. The summed E-state index contributed by atoms with van der Waals surface area (Å²) in [6.07, 6.45) is 0. The molecule has 0 aromatic heterocycles. The van der Waals surface area contributed by atoms with Gasteiger partial charge in [-0.3, -0.25) is 0 Å². The Balaban J connectivity index is 1.46. The Labute approximate surface area is 236 Å². The van der Waals surface area contributed by atoms with Crippen LogP contribution in [-0.4, -0.2) is 0 Å². The van der Waals surface area contributed by atoms with Gasteiger partial charge in [-0.25, -0.2) is 0 Å². The van der Waals surface area contributed by atoms with Gasteiger partial charge < -0.3 is 15.5 Å². The summed E-state index contributed by atoms with van der Waals surface area (Å²) in [5.41, 5.74) is 16.0. The quantitative estimate of drug-likeness (QED) is 0.218. The van der Waals surface area contributed by atoms with E-state index in [-0.39, 0.29) is 0 Å². The summed E-state index contributed by atoms with van der Waals surface area (Å²) in [4.78, 5) is 4.60. The highest BCUT2D eigenvalue weighted by atomic mass is 15.2. The maximum atomic E-state index is 5.99. The first kappa shape index (κ1) is 25.2. The molecule has 0 amide bonds. The summed E-state index contributed by atoms with van der Waals surface area (Å²) in [6, 6.07) is 57.4. The Morgan fingerprint density at radius 2 is 0.875 bits per heavy atom. The predicted octanol–water partition coefficient (Wildman–Crippen LogP) is 9.75. The largest absolute Gasteiger partial charge is 0.326 e. The van der Waals surface area contributed by atoms with Gasteiger partial charge >= 0.3 is 0 Å². The van der Waals surface area contributed by atoms with E-state index in [4.69, 9.17) is 5.73 Å². The van der Waals surface area contributed by atoms with Gasteiger partial charge in [-0.15, -0.1) is 0 Å². The lowest BCUT2D eigenvalue weighted by Crippen LogP contribution is -2.13. The van der Waals surface area contributed by atoms with Crippen molar-refractivity contribution in [3.8, 4) is 11.1 Å². The van der Waals surface area contributed by atoms with Gasteiger partial charge in [-0.2, -0.15) is 0 Å². The van der Waals surface area contributed by atoms with Crippen LogP contribution in [0.25, 0.3) is 11.1 Å². The summed E-state index contributed by atoms with van der Waals surface area (Å²) in [5, 5.41) is 0. The zero-order chi connectivity index (χ0) is 27.1. The maximum absolute atomic E-state index is 5.99. The normalized spacial score (nSPS) is 10.7. The third-order valence-electron chi connectivity index (χ3n) is 7.03. The lowest BCUT2D eigenvalue weighted by molar-refractivity contribution is 1.07. The topological polar surface area (TPSA) is 32.5 Å². The van der Waals surface area contributed by atoms with Crippen LogP contribution in [0.3, 0.4) is 0 Å². The smallest absolute Gasteiger partial charge is 0.0540 e. The van der Waals surface area contributed by atoms with Crippen LogP contribution in [0.15, 0.2) is 164 Å². The molecule has 0 saturated heterocycles. The average Bonchev–Trinajstić information content (AvgIpc) is 3.04. The fourth-order valence-corrected chi connectivity index (χ4v) is 5.13. The van der Waals surface area contributed by atoms with E-state index in [1.165, 1.54) is 11.1 Å². The summed E-state index contributed by atoms with van der Waals surface area (Å²) in [5.74, 6) is 0. The van der Waals surface area contributed by atoms with Crippen molar-refractivity contribution in [2.45, 2.75) is 6.54 Å². The molecule has 3 nitrogen and oxygen atoms in total. The Kier molecular flexibility index (Phi) is 7.38. The number of para-hydroxylation sites is 3. The fourth-order valence-electron chi connectivity index (χ4n) is 5.13. The van der Waals surface area contributed by atoms with Crippen LogP contribution in [0, 0.1) is 0 Å². The van der Waals surface area contributed by atoms with Crippen molar-refractivity contribution in [3.05, 3.63) is 169 Å². The second-order valence-electron chi connectivity index (χ2n) is 9.62. The number of nitrogens with two attached hydrogens (primary N) is 1. The highest BCUT2D eigenvalue weighted by Gasteiger charge is 2.18. The molecule has 6 rings (SSSR count). The highest BCUT2D eigenvalue weighted by molar-refractivity contribution is 5.88. The number of hydrogen-bond acceptors (Lipinski definition) is 3. The van der Waals surface area contributed by atoms with Gasteiger partial charge in [0.2, 0.25) is 0 Å². The molecule has 3 heteroatoms. The van der Waals surface area contributed by atoms with Crippen LogP contribution in [0.2, 0.25) is 0 Å². The second kappa shape index (κ2) is 11.7. The minimum atomic E-state index is 0.502. The van der Waals surface area contributed by atoms with Crippen molar-refractivity contribution < 1.29 is 0 Å². The molecule has 40 heavy (non-hydrogen) atoms. The molecular weight excluding hydrogens is 486 g/mol. The van der Waals surface area contributed by atoms with Crippen LogP contribution in [0.1, 0.15) is 5.56 Å². The van der Waals surface area contributed by atoms with Crippen LogP contribution < -0.4 is 15.5 Å². The first-order chi connectivity index (χ1) is 19.8. The summed E-state index contributed by atoms with van der Waals surface area (Å²) < 4.78 is 0. The zero-order valence-electron chi connectivity index (χ0n) is 22.3. The van der Waals surface area contributed by atoms with Gasteiger partial charge in [-0.1, -0.05) is 97.1 Å². The number of benzene rings is 6. The van der Waals surface area contributed by atoms with Crippen LogP contribution >= 0.6 is 0 Å². The molecule has 0 fully saturated rings. The summed E-state index contributed by atoms with van der Waals surface area (Å²) in [7, 11) is 0. The molecule has 6 aromatic carbocycles. The average molecular weight is 518 g/mol. The molecule has 0 radical (unpaired) electrons. The molecule has 6 aromatic rings. The van der Waals surface area contributed by atoms with E-state index in [1.54, 1.807) is 0 Å². The Morgan fingerprint density at radius 3 is 1.50 bits per heavy atom. The van der Waals surface area contributed by atoms with Crippen molar-refractivity contribution in [2.75, 3.05) is 9.80 Å². The van der Waals surface area contributed by atoms with Crippen molar-refractivity contribution in [1.82, 2.24) is 0 Å². The van der Waals surface area contributed by atoms with Gasteiger partial charge in [-0.05, 0) is 77.9 Å². The minimum absolute atomic E-state index is 0.502. The van der Waals surface area contributed by atoms with Crippen LogP contribution in [-0.2, 0) is 6.54 Å². The monoisotopic (exact) mass is 517 g/mol. The van der Waals surface area contributed by atoms with Crippen molar-refractivity contribution in [1.29, 1.82) is 0 Å². The van der Waals surface area contributed by atoms with Crippen molar-refractivity contribution in [2.24, 2.45) is 5.73 Å². The molecule has 2 N–H and O–H groups in total. The van der Waals surface area contributed by atoms with Gasteiger partial charge in [0.15, 0.2) is 0 Å². The van der Waals surface area contributed by atoms with Gasteiger partial charge in [0, 0.05) is 40.5 Å². The Bertz CT molecular complexity index is 1660. The van der Waals surface area contributed by atoms with E-state index in [1.807, 2.05) is 6.07 Å². The highest BCUT2D eigenvalue weighted by Crippen LogP contribution is 2.42. The molecule has 0 atom stereocenters. The maximum Gasteiger partial charge on any atom is 0.0540 e. The van der Waals surface area contributed by atoms with Crippen molar-refractivity contribution in [3.63, 3.8) is 0 Å². The summed E-state index contributed by atoms with van der Waals surface area (Å²) in [6.45, 7) is 0.502. The van der Waals surface area contributed by atoms with E-state index >= 15 is 0 Å². The second-order valence-corrected chi connectivity index (χ2v) is 9.62. The van der Waals surface area contributed by atoms with Gasteiger partial charge in [0.25, 0.3) is 0 Å². The molecular formula is C37H31N3. The first-order valence-corrected chi connectivity index (χ1v) is 13.6. The molecule has 0 bridgehead atoms. The molecule has 0 aliphatic carbocycles. The number of nitrogens with zero attached hydrogens (tertiary/aromatic N) is 2. The molecule has 0 aliphatic heterocycles. The minimum Gasteiger partial charge on any atom is -0.326 e. The standard InChI is InChI=1S/C37H31N3/c38-28-29-13-12-20-35(27-29)39(31-16-6-2-7-17-31)33-23-25-34(26-24-33)40(32-18-8-3-9-19-32)37-22-11-10-21-36(37)30-14-4-1-5-15-30/h1-27H,28,38H2. The number of hydrogen-bond donors (Lipinski definition) is 1. The third-order valence-corrected chi connectivity index (χ3v) is 7.03. The van der Waals surface area contributed by atoms with Crippen LogP contribution in [0.5, 0.6) is 0 Å². The third kappa shape index (κ3) is 5.24. The molecule has 0 unspecified atom stereocenters. The van der Waals surface area contributed by atoms with E-state index in [0.29, 0.717) is 6.54 Å². The number of anilines is 6. The van der Waals surface area contributed by atoms with Crippen molar-refractivity contribution >= 4 is 34.1 Å². The van der Waals surface area contributed by atoms with E-state index in [9.17, 15) is 0 Å². The zero-order valence-corrected chi connectivity index (χ0v) is 22.3. The lowest BCUT2D eigenvalue weighted by Gasteiger charge is -2.29. The van der Waals surface area contributed by atoms with Crippen LogP contribution in [0.4, 0.5) is 34.1 Å². The lowest BCUT2D eigenvalue weighted by atomic mass is 10.0. The van der Waals surface area contributed by atoms with E-state index in [0.717, 1.165) is 39.7 Å².